The summed E-state index contributed by atoms with van der Waals surface area (Å²) in [5.41, 5.74) is -3.70. The average Bonchev–Trinajstić information content (AvgIpc) is 2.29. The van der Waals surface area contributed by atoms with E-state index in [1.165, 1.54) is 0 Å². The van der Waals surface area contributed by atoms with Gasteiger partial charge in [0.1, 0.15) is 0 Å². The van der Waals surface area contributed by atoms with E-state index in [1.807, 2.05) is 0 Å². The summed E-state index contributed by atoms with van der Waals surface area (Å²) >= 11 is -0.162. The third-order valence-electron chi connectivity index (χ3n) is 2.10. The molecule has 2 nitrogen and oxygen atoms in total. The van der Waals surface area contributed by atoms with Crippen LogP contribution in [0.2, 0.25) is 0 Å². The maximum absolute atomic E-state index is 12.5. The second kappa shape index (κ2) is 6.49. The summed E-state index contributed by atoms with van der Waals surface area (Å²) in [4.78, 5) is -0.504. The molecule has 0 spiro atoms. The van der Waals surface area contributed by atoms with Crippen molar-refractivity contribution in [3.63, 3.8) is 0 Å². The minimum Gasteiger partial charge on any atom is -0.400 e. The first-order valence-corrected chi connectivity index (χ1v) is 5.40. The number of hydrogen-bond donors (Lipinski definition) is 2. The van der Waals surface area contributed by atoms with Crippen LogP contribution in [0.5, 0.6) is 0 Å². The van der Waals surface area contributed by atoms with E-state index in [0.717, 1.165) is 14.0 Å². The van der Waals surface area contributed by atoms with Gasteiger partial charge in [0, 0.05) is 24.0 Å². The summed E-state index contributed by atoms with van der Waals surface area (Å²) < 4.78 is 83.4. The zero-order valence-electron chi connectivity index (χ0n) is 9.73. The van der Waals surface area contributed by atoms with Gasteiger partial charge in [0.05, 0.1) is 11.1 Å². The standard InChI is InChI=1S/C9H6F6OS.CH4O/c1-4-6(8(10,11)12)2-5(17-16)3-7(4)9(13,14)15;1-2/h2-3,16H,1H3;2H,1H3. The van der Waals surface area contributed by atoms with Gasteiger partial charge in [0.15, 0.2) is 0 Å². The molecule has 1 rings (SSSR count). The predicted molar refractivity (Wildman–Crippen MR) is 57.8 cm³/mol. The SMILES string of the molecule is CO.Cc1c(C(F)(F)F)cc(SO)cc1C(F)(F)F. The van der Waals surface area contributed by atoms with Crippen LogP contribution in [0.3, 0.4) is 0 Å². The van der Waals surface area contributed by atoms with Crippen LogP contribution in [-0.2, 0) is 12.4 Å². The normalized spacial score (nSPS) is 11.9. The minimum atomic E-state index is -4.89. The summed E-state index contributed by atoms with van der Waals surface area (Å²) in [5.74, 6) is 0. The lowest BCUT2D eigenvalue weighted by molar-refractivity contribution is -0.144. The Hall–Kier alpha value is -0.930. The van der Waals surface area contributed by atoms with Gasteiger partial charge in [-0.15, -0.1) is 0 Å². The first kappa shape index (κ1) is 18.1. The summed E-state index contributed by atoms with van der Waals surface area (Å²) in [5, 5.41) is 7.00. The van der Waals surface area contributed by atoms with Gasteiger partial charge in [-0.3, -0.25) is 0 Å². The molecule has 0 bridgehead atoms. The highest BCUT2D eigenvalue weighted by Gasteiger charge is 2.39. The molecule has 0 saturated heterocycles. The molecule has 110 valence electrons. The third kappa shape index (κ3) is 4.59. The van der Waals surface area contributed by atoms with E-state index in [2.05, 4.69) is 0 Å². The van der Waals surface area contributed by atoms with Crippen LogP contribution in [0.25, 0.3) is 0 Å². The maximum atomic E-state index is 12.5. The van der Waals surface area contributed by atoms with Crippen LogP contribution in [0.1, 0.15) is 16.7 Å². The molecule has 0 fully saturated rings. The molecule has 2 N–H and O–H groups in total. The van der Waals surface area contributed by atoms with Gasteiger partial charge in [0.25, 0.3) is 0 Å². The Balaban J connectivity index is 0.00000154. The fourth-order valence-corrected chi connectivity index (χ4v) is 1.67. The Morgan fingerprint density at radius 3 is 1.42 bits per heavy atom. The molecular formula is C10H10F6O2S. The van der Waals surface area contributed by atoms with Crippen LogP contribution in [-0.4, -0.2) is 16.8 Å². The van der Waals surface area contributed by atoms with E-state index in [1.54, 1.807) is 0 Å². The van der Waals surface area contributed by atoms with Gasteiger partial charge in [-0.2, -0.15) is 26.3 Å². The highest BCUT2D eigenvalue weighted by Crippen LogP contribution is 2.41. The smallest absolute Gasteiger partial charge is 0.400 e. The van der Waals surface area contributed by atoms with E-state index in [0.29, 0.717) is 12.1 Å². The van der Waals surface area contributed by atoms with Gasteiger partial charge in [-0.1, -0.05) is 0 Å². The molecule has 0 aliphatic rings. The highest BCUT2D eigenvalue weighted by molar-refractivity contribution is 7.93. The topological polar surface area (TPSA) is 40.5 Å². The quantitative estimate of drug-likeness (QED) is 0.603. The lowest BCUT2D eigenvalue weighted by atomic mass is 10.0. The molecule has 0 aliphatic heterocycles. The Bertz CT molecular complexity index is 392. The van der Waals surface area contributed by atoms with Gasteiger partial charge in [0.2, 0.25) is 0 Å². The fourth-order valence-electron chi connectivity index (χ4n) is 1.33. The van der Waals surface area contributed by atoms with Crippen molar-refractivity contribution in [2.24, 2.45) is 0 Å². The molecule has 0 saturated carbocycles. The Kier molecular flexibility index (Phi) is 6.17. The van der Waals surface area contributed by atoms with Crippen LogP contribution in [0, 0.1) is 6.92 Å². The van der Waals surface area contributed by atoms with Gasteiger partial charge >= 0.3 is 12.4 Å². The van der Waals surface area contributed by atoms with Gasteiger partial charge < -0.3 is 9.66 Å². The molecule has 0 unspecified atom stereocenters. The maximum Gasteiger partial charge on any atom is 0.416 e. The predicted octanol–water partition coefficient (Wildman–Crippen LogP) is 4.21. The number of aliphatic hydroxyl groups is 1. The van der Waals surface area contributed by atoms with E-state index < -0.39 is 33.9 Å². The summed E-state index contributed by atoms with van der Waals surface area (Å²) in [6, 6.07) is 0.963. The first-order chi connectivity index (χ1) is 8.57. The zero-order chi connectivity index (χ0) is 15.4. The second-order valence-corrected chi connectivity index (χ2v) is 3.88. The minimum absolute atomic E-state index is 0.162. The lowest BCUT2D eigenvalue weighted by Gasteiger charge is -2.17. The molecule has 0 radical (unpaired) electrons. The molecule has 0 aromatic heterocycles. The largest absolute Gasteiger partial charge is 0.416 e. The molecule has 1 aromatic carbocycles. The molecule has 0 aliphatic carbocycles. The summed E-state index contributed by atoms with van der Waals surface area (Å²) in [6.45, 7) is 0.747. The third-order valence-corrected chi connectivity index (χ3v) is 2.54. The summed E-state index contributed by atoms with van der Waals surface area (Å²) in [6.07, 6.45) is -9.79. The van der Waals surface area contributed by atoms with Crippen molar-refractivity contribution in [2.75, 3.05) is 7.11 Å². The number of halogens is 6. The van der Waals surface area contributed by atoms with Gasteiger partial charge in [-0.05, 0) is 24.6 Å². The van der Waals surface area contributed by atoms with Crippen LogP contribution in [0.4, 0.5) is 26.3 Å². The summed E-state index contributed by atoms with van der Waals surface area (Å²) in [7, 11) is 1.00. The lowest BCUT2D eigenvalue weighted by Crippen LogP contribution is -2.14. The van der Waals surface area contributed by atoms with Crippen molar-refractivity contribution in [3.05, 3.63) is 28.8 Å². The molecule has 0 amide bonds. The fraction of sp³-hybridized carbons (Fsp3) is 0.400. The monoisotopic (exact) mass is 308 g/mol. The Morgan fingerprint density at radius 2 is 1.21 bits per heavy atom. The van der Waals surface area contributed by atoms with Crippen molar-refractivity contribution in [1.29, 1.82) is 0 Å². The second-order valence-electron chi connectivity index (χ2n) is 3.23. The van der Waals surface area contributed by atoms with E-state index in [-0.39, 0.29) is 12.0 Å². The molecule has 0 heterocycles. The molecule has 19 heavy (non-hydrogen) atoms. The van der Waals surface area contributed by atoms with E-state index in [4.69, 9.17) is 9.66 Å². The van der Waals surface area contributed by atoms with Crippen LogP contribution < -0.4 is 0 Å². The first-order valence-electron chi connectivity index (χ1n) is 4.62. The number of hydrogen-bond acceptors (Lipinski definition) is 3. The number of rotatable bonds is 1. The number of aliphatic hydroxyl groups excluding tert-OH is 1. The van der Waals surface area contributed by atoms with E-state index >= 15 is 0 Å². The average molecular weight is 308 g/mol. The Morgan fingerprint density at radius 1 is 0.895 bits per heavy atom. The van der Waals surface area contributed by atoms with Crippen molar-refractivity contribution < 1.29 is 36.0 Å². The van der Waals surface area contributed by atoms with Crippen molar-refractivity contribution in [3.8, 4) is 0 Å². The van der Waals surface area contributed by atoms with Crippen molar-refractivity contribution in [1.82, 2.24) is 0 Å². The van der Waals surface area contributed by atoms with Crippen LogP contribution in [0.15, 0.2) is 17.0 Å². The van der Waals surface area contributed by atoms with Crippen molar-refractivity contribution in [2.45, 2.75) is 24.2 Å². The van der Waals surface area contributed by atoms with Crippen LogP contribution >= 0.6 is 12.0 Å². The van der Waals surface area contributed by atoms with Crippen molar-refractivity contribution >= 4 is 12.0 Å². The molecular weight excluding hydrogens is 298 g/mol. The Labute approximate surface area is 109 Å². The zero-order valence-corrected chi connectivity index (χ0v) is 10.5. The highest BCUT2D eigenvalue weighted by atomic mass is 32.2. The number of alkyl halides is 6. The molecule has 0 atom stereocenters. The number of benzene rings is 1. The molecule has 1 aromatic rings. The van der Waals surface area contributed by atoms with Gasteiger partial charge in [-0.25, -0.2) is 0 Å². The molecule has 9 heteroatoms. The van der Waals surface area contributed by atoms with E-state index in [9.17, 15) is 26.3 Å².